The third-order valence-electron chi connectivity index (χ3n) is 2.36. The molecule has 2 aromatic heterocycles. The lowest BCUT2D eigenvalue weighted by Gasteiger charge is -2.09. The number of nitrogens with zero attached hydrogens (tertiary/aromatic N) is 3. The van der Waals surface area contributed by atoms with E-state index in [1.54, 1.807) is 6.92 Å². The Bertz CT molecular complexity index is 576. The van der Waals surface area contributed by atoms with E-state index in [0.29, 0.717) is 12.2 Å². The summed E-state index contributed by atoms with van der Waals surface area (Å²) < 4.78 is 39.2. The molecular weight excluding hydrogens is 269 g/mol. The number of aromatic nitrogens is 3. The van der Waals surface area contributed by atoms with E-state index in [2.05, 4.69) is 10.2 Å². The van der Waals surface area contributed by atoms with Crippen molar-refractivity contribution < 1.29 is 13.2 Å². The van der Waals surface area contributed by atoms with Gasteiger partial charge >= 0.3 is 6.18 Å². The van der Waals surface area contributed by atoms with Crippen LogP contribution in [0.5, 0.6) is 0 Å². The summed E-state index contributed by atoms with van der Waals surface area (Å²) in [5.41, 5.74) is 4.95. The average Bonchev–Trinajstić information content (AvgIpc) is 2.60. The fourth-order valence-corrected chi connectivity index (χ4v) is 1.83. The standard InChI is InChI=1S/C10H10ClF3N4/c1-5(15)2-8-16-17-9-7(11)3-6(4-18(8)9)10(12,13)14/h3-5H,2,15H2,1H3. The minimum atomic E-state index is -4.46. The van der Waals surface area contributed by atoms with Crippen molar-refractivity contribution in [1.29, 1.82) is 0 Å². The maximum absolute atomic E-state index is 12.7. The average molecular weight is 279 g/mol. The van der Waals surface area contributed by atoms with E-state index in [0.717, 1.165) is 12.3 Å². The highest BCUT2D eigenvalue weighted by Gasteiger charge is 2.32. The molecule has 1 unspecified atom stereocenters. The van der Waals surface area contributed by atoms with Crippen LogP contribution in [0.3, 0.4) is 0 Å². The number of hydrogen-bond donors (Lipinski definition) is 1. The Labute approximate surface area is 106 Å². The molecule has 18 heavy (non-hydrogen) atoms. The van der Waals surface area contributed by atoms with Crippen molar-refractivity contribution in [3.63, 3.8) is 0 Å². The molecule has 98 valence electrons. The minimum Gasteiger partial charge on any atom is -0.328 e. The number of halogens is 4. The molecule has 8 heteroatoms. The molecule has 0 aliphatic carbocycles. The molecule has 2 N–H and O–H groups in total. The zero-order valence-electron chi connectivity index (χ0n) is 9.37. The molecule has 0 spiro atoms. The fraction of sp³-hybridized carbons (Fsp3) is 0.400. The Kier molecular flexibility index (Phi) is 3.20. The van der Waals surface area contributed by atoms with Crippen LogP contribution in [0.2, 0.25) is 5.02 Å². The summed E-state index contributed by atoms with van der Waals surface area (Å²) in [5, 5.41) is 7.46. The molecule has 0 aromatic carbocycles. The van der Waals surface area contributed by atoms with Gasteiger partial charge in [-0.3, -0.25) is 4.40 Å². The highest BCUT2D eigenvalue weighted by atomic mass is 35.5. The zero-order chi connectivity index (χ0) is 13.5. The van der Waals surface area contributed by atoms with E-state index in [9.17, 15) is 13.2 Å². The van der Waals surface area contributed by atoms with E-state index in [-0.39, 0.29) is 16.7 Å². The van der Waals surface area contributed by atoms with Gasteiger partial charge in [0.2, 0.25) is 0 Å². The number of rotatable bonds is 2. The molecular formula is C10H10ClF3N4. The Morgan fingerprint density at radius 2 is 2.11 bits per heavy atom. The van der Waals surface area contributed by atoms with E-state index in [1.807, 2.05) is 0 Å². The van der Waals surface area contributed by atoms with Gasteiger partial charge in [-0.2, -0.15) is 13.2 Å². The number of alkyl halides is 3. The second kappa shape index (κ2) is 4.40. The van der Waals surface area contributed by atoms with Crippen LogP contribution in [0.1, 0.15) is 18.3 Å². The molecule has 0 fully saturated rings. The monoisotopic (exact) mass is 278 g/mol. The highest BCUT2D eigenvalue weighted by Crippen LogP contribution is 2.32. The molecule has 2 rings (SSSR count). The molecule has 0 amide bonds. The van der Waals surface area contributed by atoms with Gasteiger partial charge in [0.25, 0.3) is 0 Å². The molecule has 2 aromatic rings. The maximum Gasteiger partial charge on any atom is 0.417 e. The van der Waals surface area contributed by atoms with Gasteiger partial charge in [0.15, 0.2) is 5.65 Å². The lowest BCUT2D eigenvalue weighted by molar-refractivity contribution is -0.137. The lowest BCUT2D eigenvalue weighted by Crippen LogP contribution is -2.19. The number of fused-ring (bicyclic) bond motifs is 1. The quantitative estimate of drug-likeness (QED) is 0.917. The van der Waals surface area contributed by atoms with Gasteiger partial charge in [-0.1, -0.05) is 11.6 Å². The Hall–Kier alpha value is -1.34. The van der Waals surface area contributed by atoms with Crippen molar-refractivity contribution in [2.75, 3.05) is 0 Å². The van der Waals surface area contributed by atoms with Crippen LogP contribution < -0.4 is 5.73 Å². The van der Waals surface area contributed by atoms with Crippen molar-refractivity contribution in [1.82, 2.24) is 14.6 Å². The third kappa shape index (κ3) is 2.41. The second-order valence-corrected chi connectivity index (χ2v) is 4.47. The second-order valence-electron chi connectivity index (χ2n) is 4.07. The normalized spacial score (nSPS) is 14.1. The van der Waals surface area contributed by atoms with Crippen molar-refractivity contribution in [3.8, 4) is 0 Å². The maximum atomic E-state index is 12.7. The summed E-state index contributed by atoms with van der Waals surface area (Å²) >= 11 is 5.76. The van der Waals surface area contributed by atoms with Crippen molar-refractivity contribution in [3.05, 3.63) is 28.7 Å². The Morgan fingerprint density at radius 1 is 1.44 bits per heavy atom. The first-order valence-corrected chi connectivity index (χ1v) is 5.53. The van der Waals surface area contributed by atoms with Crippen LogP contribution in [0, 0.1) is 0 Å². The lowest BCUT2D eigenvalue weighted by atomic mass is 10.2. The van der Waals surface area contributed by atoms with Crippen LogP contribution in [0.15, 0.2) is 12.3 Å². The van der Waals surface area contributed by atoms with E-state index in [4.69, 9.17) is 17.3 Å². The summed E-state index contributed by atoms with van der Waals surface area (Å²) in [6, 6.07) is 0.604. The number of pyridine rings is 1. The van der Waals surface area contributed by atoms with Gasteiger partial charge in [-0.05, 0) is 13.0 Å². The predicted octanol–water partition coefficient (Wildman–Crippen LogP) is 2.29. The van der Waals surface area contributed by atoms with Crippen molar-refractivity contribution in [2.24, 2.45) is 5.73 Å². The van der Waals surface area contributed by atoms with Gasteiger partial charge in [0.1, 0.15) is 5.82 Å². The van der Waals surface area contributed by atoms with E-state index >= 15 is 0 Å². The van der Waals surface area contributed by atoms with Crippen molar-refractivity contribution >= 4 is 17.2 Å². The molecule has 2 heterocycles. The SMILES string of the molecule is CC(N)Cc1nnc2c(Cl)cc(C(F)(F)F)cn12. The molecule has 0 aliphatic rings. The molecule has 0 aliphatic heterocycles. The van der Waals surface area contributed by atoms with Gasteiger partial charge in [-0.15, -0.1) is 10.2 Å². The van der Waals surface area contributed by atoms with E-state index in [1.165, 1.54) is 4.40 Å². The first-order chi connectivity index (χ1) is 8.29. The first kappa shape index (κ1) is 13.1. The predicted molar refractivity (Wildman–Crippen MR) is 60.4 cm³/mol. The van der Waals surface area contributed by atoms with E-state index < -0.39 is 11.7 Å². The summed E-state index contributed by atoms with van der Waals surface area (Å²) in [5.74, 6) is 0.355. The Balaban J connectivity index is 2.61. The molecule has 4 nitrogen and oxygen atoms in total. The van der Waals surface area contributed by atoms with Crippen LogP contribution in [-0.2, 0) is 12.6 Å². The number of hydrogen-bond acceptors (Lipinski definition) is 3. The third-order valence-corrected chi connectivity index (χ3v) is 2.64. The minimum absolute atomic E-state index is 0.0896. The van der Waals surface area contributed by atoms with Gasteiger partial charge in [0, 0.05) is 18.7 Å². The van der Waals surface area contributed by atoms with Crippen LogP contribution in [0.4, 0.5) is 13.2 Å². The molecule has 0 saturated heterocycles. The van der Waals surface area contributed by atoms with Crippen LogP contribution >= 0.6 is 11.6 Å². The van der Waals surface area contributed by atoms with Gasteiger partial charge in [0.05, 0.1) is 10.6 Å². The molecule has 0 saturated carbocycles. The summed E-state index contributed by atoms with van der Waals surface area (Å²) in [6.45, 7) is 1.73. The zero-order valence-corrected chi connectivity index (χ0v) is 10.1. The fourth-order valence-electron chi connectivity index (χ4n) is 1.58. The highest BCUT2D eigenvalue weighted by molar-refractivity contribution is 6.33. The van der Waals surface area contributed by atoms with Gasteiger partial charge < -0.3 is 5.73 Å². The topological polar surface area (TPSA) is 56.2 Å². The number of nitrogens with two attached hydrogens (primary N) is 1. The van der Waals surface area contributed by atoms with Crippen molar-refractivity contribution in [2.45, 2.75) is 25.6 Å². The summed E-state index contributed by atoms with van der Waals surface area (Å²) in [4.78, 5) is 0. The van der Waals surface area contributed by atoms with Crippen LogP contribution in [0.25, 0.3) is 5.65 Å². The molecule has 1 atom stereocenters. The summed E-state index contributed by atoms with van der Waals surface area (Å²) in [6.07, 6.45) is -3.22. The first-order valence-electron chi connectivity index (χ1n) is 5.15. The van der Waals surface area contributed by atoms with Gasteiger partial charge in [-0.25, -0.2) is 0 Å². The van der Waals surface area contributed by atoms with Crippen LogP contribution in [-0.4, -0.2) is 20.6 Å². The largest absolute Gasteiger partial charge is 0.417 e. The molecule has 0 bridgehead atoms. The smallest absolute Gasteiger partial charge is 0.328 e. The Morgan fingerprint density at radius 3 is 2.67 bits per heavy atom. The summed E-state index contributed by atoms with van der Waals surface area (Å²) in [7, 11) is 0. The molecule has 0 radical (unpaired) electrons.